The molecular weight excluding hydrogens is 580 g/mol. The van der Waals surface area contributed by atoms with Crippen molar-refractivity contribution in [1.82, 2.24) is 0 Å². The quantitative estimate of drug-likeness (QED) is 0.100. The van der Waals surface area contributed by atoms with E-state index in [1.807, 2.05) is 121 Å². The Morgan fingerprint density at radius 2 is 1.00 bits per heavy atom. The van der Waals surface area contributed by atoms with Gasteiger partial charge in [0.25, 0.3) is 0 Å². The lowest BCUT2D eigenvalue weighted by atomic mass is 9.92. The molecule has 5 atom stereocenters. The normalized spacial score (nSPS) is 21.3. The Hall–Kier alpha value is -4.11. The van der Waals surface area contributed by atoms with Gasteiger partial charge in [0, 0.05) is 6.08 Å². The van der Waals surface area contributed by atoms with Crippen LogP contribution in [0.4, 0.5) is 0 Å². The van der Waals surface area contributed by atoms with E-state index in [1.165, 1.54) is 13.2 Å². The van der Waals surface area contributed by atoms with Gasteiger partial charge >= 0.3 is 5.97 Å². The summed E-state index contributed by atoms with van der Waals surface area (Å²) in [6, 6.07) is 40.1. The molecule has 0 radical (unpaired) electrons. The van der Waals surface area contributed by atoms with Crippen LogP contribution in [-0.4, -0.2) is 50.2 Å². The number of hydrogen-bond donors (Lipinski definition) is 0. The van der Waals surface area contributed by atoms with Gasteiger partial charge < -0.3 is 28.4 Å². The molecule has 0 saturated carbocycles. The summed E-state index contributed by atoms with van der Waals surface area (Å²) < 4.78 is 37.9. The molecule has 7 heteroatoms. The summed E-state index contributed by atoms with van der Waals surface area (Å²) in [6.07, 6.45) is 1.11. The van der Waals surface area contributed by atoms with Crippen LogP contribution in [0.25, 0.3) is 0 Å². The Bertz CT molecular complexity index is 1450. The Morgan fingerprint density at radius 1 is 0.587 bits per heavy atom. The van der Waals surface area contributed by atoms with Crippen molar-refractivity contribution in [2.75, 3.05) is 13.7 Å². The van der Waals surface area contributed by atoms with Gasteiger partial charge in [0.1, 0.15) is 24.4 Å². The molecule has 1 aliphatic heterocycles. The predicted molar refractivity (Wildman–Crippen MR) is 176 cm³/mol. The molecule has 1 fully saturated rings. The van der Waals surface area contributed by atoms with Gasteiger partial charge in [0.15, 0.2) is 0 Å². The minimum atomic E-state index is -0.516. The van der Waals surface area contributed by atoms with E-state index < -0.39 is 36.5 Å². The third kappa shape index (κ3) is 10.2. The molecule has 1 heterocycles. The Balaban J connectivity index is 1.44. The maximum absolute atomic E-state index is 11.9. The highest BCUT2D eigenvalue weighted by molar-refractivity contribution is 5.81. The molecule has 5 rings (SSSR count). The number of hydrogen-bond acceptors (Lipinski definition) is 7. The zero-order chi connectivity index (χ0) is 31.8. The minimum Gasteiger partial charge on any atom is -0.466 e. The number of carbonyl (C=O) groups is 1. The zero-order valence-corrected chi connectivity index (χ0v) is 26.2. The van der Waals surface area contributed by atoms with Crippen molar-refractivity contribution in [1.29, 1.82) is 0 Å². The Morgan fingerprint density at radius 3 is 1.46 bits per heavy atom. The van der Waals surface area contributed by atoms with Crippen LogP contribution in [0.5, 0.6) is 0 Å². The Labute approximate surface area is 271 Å². The van der Waals surface area contributed by atoms with Crippen molar-refractivity contribution < 1.29 is 33.2 Å². The van der Waals surface area contributed by atoms with Gasteiger partial charge in [-0.3, -0.25) is 0 Å². The van der Waals surface area contributed by atoms with Crippen molar-refractivity contribution in [3.63, 3.8) is 0 Å². The Kier molecular flexibility index (Phi) is 13.1. The molecule has 240 valence electrons. The van der Waals surface area contributed by atoms with Crippen molar-refractivity contribution in [2.45, 2.75) is 63.4 Å². The van der Waals surface area contributed by atoms with Crippen molar-refractivity contribution >= 4 is 5.97 Å². The summed E-state index contributed by atoms with van der Waals surface area (Å²) >= 11 is 0. The van der Waals surface area contributed by atoms with Gasteiger partial charge in [-0.25, -0.2) is 4.79 Å². The maximum Gasteiger partial charge on any atom is 0.330 e. The first-order chi connectivity index (χ1) is 22.7. The molecule has 1 aliphatic rings. The van der Waals surface area contributed by atoms with E-state index >= 15 is 0 Å². The summed E-state index contributed by atoms with van der Waals surface area (Å²) in [4.78, 5) is 11.9. The number of carbonyl (C=O) groups excluding carboxylic acids is 1. The standard InChI is InChI=1S/C39H42O7/c1-41-36(40)24-14-23-34-37(43-26-31-17-8-3-9-18-31)39(45-28-33-21-12-5-13-22-33)38(44-27-32-19-10-4-11-20-32)35(46-34)29-42-25-30-15-6-2-7-16-30/h2-22,24,34-35,37-39H,23,25-29H2,1H3/b24-14+/t34-,35-,37+,38+,39-/m1/s1. The molecule has 1 saturated heterocycles. The first-order valence-corrected chi connectivity index (χ1v) is 15.7. The van der Waals surface area contributed by atoms with Crippen LogP contribution in [0.15, 0.2) is 133 Å². The van der Waals surface area contributed by atoms with Crippen LogP contribution in [0.1, 0.15) is 28.7 Å². The molecule has 0 unspecified atom stereocenters. The summed E-state index contributed by atoms with van der Waals surface area (Å²) in [7, 11) is 1.36. The molecule has 0 aliphatic carbocycles. The monoisotopic (exact) mass is 622 g/mol. The lowest BCUT2D eigenvalue weighted by molar-refractivity contribution is -0.271. The summed E-state index contributed by atoms with van der Waals surface area (Å²) in [5.74, 6) is -0.429. The number of benzene rings is 4. The van der Waals surface area contributed by atoms with E-state index in [0.29, 0.717) is 32.8 Å². The van der Waals surface area contributed by atoms with E-state index in [0.717, 1.165) is 22.3 Å². The summed E-state index contributed by atoms with van der Waals surface area (Å²) in [5, 5.41) is 0. The smallest absolute Gasteiger partial charge is 0.330 e. The van der Waals surface area contributed by atoms with Crippen LogP contribution >= 0.6 is 0 Å². The van der Waals surface area contributed by atoms with E-state index in [9.17, 15) is 4.79 Å². The van der Waals surface area contributed by atoms with Crippen molar-refractivity contribution in [2.24, 2.45) is 0 Å². The molecule has 4 aromatic carbocycles. The minimum absolute atomic E-state index is 0.280. The number of esters is 1. The fourth-order valence-electron chi connectivity index (χ4n) is 5.44. The lowest BCUT2D eigenvalue weighted by Crippen LogP contribution is -2.61. The average molecular weight is 623 g/mol. The second-order valence-corrected chi connectivity index (χ2v) is 11.2. The molecule has 0 aromatic heterocycles. The number of rotatable bonds is 16. The summed E-state index contributed by atoms with van der Waals surface area (Å²) in [6.45, 7) is 1.81. The van der Waals surface area contributed by atoms with Crippen LogP contribution in [0.2, 0.25) is 0 Å². The van der Waals surface area contributed by atoms with Gasteiger partial charge in [0.2, 0.25) is 0 Å². The van der Waals surface area contributed by atoms with Crippen LogP contribution < -0.4 is 0 Å². The highest BCUT2D eigenvalue weighted by Crippen LogP contribution is 2.32. The molecule has 0 spiro atoms. The molecular formula is C39H42O7. The van der Waals surface area contributed by atoms with Gasteiger partial charge in [-0.05, 0) is 28.7 Å². The van der Waals surface area contributed by atoms with Gasteiger partial charge in [-0.1, -0.05) is 127 Å². The van der Waals surface area contributed by atoms with Crippen molar-refractivity contribution in [3.8, 4) is 0 Å². The van der Waals surface area contributed by atoms with Gasteiger partial charge in [0.05, 0.1) is 46.2 Å². The highest BCUT2D eigenvalue weighted by atomic mass is 16.6. The molecule has 0 N–H and O–H groups in total. The fraction of sp³-hybridized carbons (Fsp3) is 0.308. The topological polar surface area (TPSA) is 72.5 Å². The zero-order valence-electron chi connectivity index (χ0n) is 26.2. The number of methoxy groups -OCH3 is 1. The number of ether oxygens (including phenoxy) is 6. The molecule has 7 nitrogen and oxygen atoms in total. The van der Waals surface area contributed by atoms with E-state index in [2.05, 4.69) is 0 Å². The van der Waals surface area contributed by atoms with Crippen molar-refractivity contribution in [3.05, 3.63) is 156 Å². The lowest BCUT2D eigenvalue weighted by Gasteiger charge is -2.46. The maximum atomic E-state index is 11.9. The first kappa shape index (κ1) is 33.3. The van der Waals surface area contributed by atoms with E-state index in [-0.39, 0.29) is 6.61 Å². The average Bonchev–Trinajstić information content (AvgIpc) is 3.11. The van der Waals surface area contributed by atoms with Crippen LogP contribution in [0, 0.1) is 0 Å². The summed E-state index contributed by atoms with van der Waals surface area (Å²) in [5.41, 5.74) is 4.18. The highest BCUT2D eigenvalue weighted by Gasteiger charge is 2.48. The van der Waals surface area contributed by atoms with Crippen LogP contribution in [-0.2, 0) is 59.6 Å². The van der Waals surface area contributed by atoms with Gasteiger partial charge in [-0.15, -0.1) is 0 Å². The van der Waals surface area contributed by atoms with Crippen LogP contribution in [0.3, 0.4) is 0 Å². The predicted octanol–water partition coefficient (Wildman–Crippen LogP) is 6.85. The third-order valence-electron chi connectivity index (χ3n) is 7.80. The van der Waals surface area contributed by atoms with Gasteiger partial charge in [-0.2, -0.15) is 0 Å². The molecule has 0 amide bonds. The molecule has 0 bridgehead atoms. The largest absolute Gasteiger partial charge is 0.466 e. The molecule has 46 heavy (non-hydrogen) atoms. The fourth-order valence-corrected chi connectivity index (χ4v) is 5.44. The SMILES string of the molecule is COC(=O)/C=C/C[C@H]1O[C@H](COCc2ccccc2)[C@H](OCc2ccccc2)[C@H](OCc2ccccc2)[C@H]1OCc1ccccc1. The van der Waals surface area contributed by atoms with E-state index in [1.54, 1.807) is 6.08 Å². The first-order valence-electron chi connectivity index (χ1n) is 15.7. The second kappa shape index (κ2) is 18.1. The van der Waals surface area contributed by atoms with E-state index in [4.69, 9.17) is 28.4 Å². The molecule has 4 aromatic rings. The third-order valence-corrected chi connectivity index (χ3v) is 7.80. The second-order valence-electron chi connectivity index (χ2n) is 11.2.